The Labute approximate surface area is 123 Å². The van der Waals surface area contributed by atoms with Crippen molar-refractivity contribution in [3.63, 3.8) is 0 Å². The molecule has 1 atom stereocenters. The smallest absolute Gasteiger partial charge is 0.252 e. The first-order valence-electron chi connectivity index (χ1n) is 6.68. The summed E-state index contributed by atoms with van der Waals surface area (Å²) in [7, 11) is 0. The summed E-state index contributed by atoms with van der Waals surface area (Å²) in [6, 6.07) is 7.38. The van der Waals surface area contributed by atoms with Gasteiger partial charge in [-0.1, -0.05) is 26.0 Å². The van der Waals surface area contributed by atoms with E-state index in [9.17, 15) is 4.79 Å². The Morgan fingerprint density at radius 3 is 2.63 bits per heavy atom. The maximum absolute atomic E-state index is 12.1. The van der Waals surface area contributed by atoms with Gasteiger partial charge in [0, 0.05) is 17.6 Å². The van der Waals surface area contributed by atoms with Crippen LogP contribution in [0.5, 0.6) is 0 Å². The summed E-state index contributed by atoms with van der Waals surface area (Å²) >= 11 is 3.37. The zero-order chi connectivity index (χ0) is 14.3. The third kappa shape index (κ3) is 5.74. The van der Waals surface area contributed by atoms with E-state index in [4.69, 9.17) is 5.11 Å². The van der Waals surface area contributed by atoms with Gasteiger partial charge in [-0.05, 0) is 52.7 Å². The highest BCUT2D eigenvalue weighted by atomic mass is 79.9. The summed E-state index contributed by atoms with van der Waals surface area (Å²) in [5.41, 5.74) is 0.648. The van der Waals surface area contributed by atoms with E-state index in [1.807, 2.05) is 18.2 Å². The van der Waals surface area contributed by atoms with Crippen molar-refractivity contribution in [1.29, 1.82) is 0 Å². The van der Waals surface area contributed by atoms with Gasteiger partial charge in [0.1, 0.15) is 0 Å². The van der Waals surface area contributed by atoms with Gasteiger partial charge >= 0.3 is 0 Å². The third-order valence-electron chi connectivity index (χ3n) is 3.01. The first-order valence-corrected chi connectivity index (χ1v) is 7.47. The average molecular weight is 328 g/mol. The Bertz CT molecular complexity index is 407. The van der Waals surface area contributed by atoms with Gasteiger partial charge in [0.2, 0.25) is 0 Å². The Morgan fingerprint density at radius 1 is 1.37 bits per heavy atom. The Hall–Kier alpha value is -0.870. The molecule has 3 nitrogen and oxygen atoms in total. The van der Waals surface area contributed by atoms with Crippen molar-refractivity contribution in [2.24, 2.45) is 11.8 Å². The summed E-state index contributed by atoms with van der Waals surface area (Å²) in [5.74, 6) is 0.826. The van der Waals surface area contributed by atoms with Crippen LogP contribution in [0.2, 0.25) is 0 Å². The lowest BCUT2D eigenvalue weighted by molar-refractivity contribution is 0.0940. The van der Waals surface area contributed by atoms with E-state index in [1.54, 1.807) is 6.07 Å². The number of nitrogens with one attached hydrogen (secondary N) is 1. The summed E-state index contributed by atoms with van der Waals surface area (Å²) in [6.45, 7) is 5.08. The lowest BCUT2D eigenvalue weighted by atomic mass is 9.94. The number of rotatable bonds is 7. The van der Waals surface area contributed by atoms with Crippen molar-refractivity contribution < 1.29 is 9.90 Å². The molecule has 0 saturated carbocycles. The second-order valence-electron chi connectivity index (χ2n) is 5.20. The number of hydrogen-bond acceptors (Lipinski definition) is 2. The van der Waals surface area contributed by atoms with Gasteiger partial charge in [0.15, 0.2) is 0 Å². The maximum atomic E-state index is 12.1. The molecular weight excluding hydrogens is 306 g/mol. The van der Waals surface area contributed by atoms with Crippen LogP contribution in [0.1, 0.15) is 37.0 Å². The molecule has 0 aliphatic heterocycles. The summed E-state index contributed by atoms with van der Waals surface area (Å²) in [6.07, 6.45) is 1.74. The molecule has 0 radical (unpaired) electrons. The van der Waals surface area contributed by atoms with Crippen LogP contribution in [-0.2, 0) is 0 Å². The molecule has 1 unspecified atom stereocenters. The second-order valence-corrected chi connectivity index (χ2v) is 6.05. The number of aliphatic hydroxyl groups is 1. The number of benzene rings is 1. The maximum Gasteiger partial charge on any atom is 0.252 e. The number of carbonyl (C=O) groups is 1. The number of amides is 1. The van der Waals surface area contributed by atoms with Gasteiger partial charge in [-0.2, -0.15) is 0 Å². The minimum atomic E-state index is -0.0702. The molecule has 0 fully saturated rings. The molecule has 0 aliphatic rings. The molecule has 1 rings (SSSR count). The molecule has 1 amide bonds. The van der Waals surface area contributed by atoms with Gasteiger partial charge < -0.3 is 10.4 Å². The lowest BCUT2D eigenvalue weighted by Gasteiger charge is -2.18. The van der Waals surface area contributed by atoms with Crippen molar-refractivity contribution >= 4 is 21.8 Å². The first-order chi connectivity index (χ1) is 9.04. The molecule has 0 heterocycles. The fraction of sp³-hybridized carbons (Fsp3) is 0.533. The van der Waals surface area contributed by atoms with Gasteiger partial charge in [0.25, 0.3) is 5.91 Å². The van der Waals surface area contributed by atoms with E-state index in [0.717, 1.165) is 17.3 Å². The lowest BCUT2D eigenvalue weighted by Crippen LogP contribution is -2.30. The van der Waals surface area contributed by atoms with Gasteiger partial charge in [-0.15, -0.1) is 0 Å². The van der Waals surface area contributed by atoms with Crippen molar-refractivity contribution in [3.05, 3.63) is 34.3 Å². The van der Waals surface area contributed by atoms with Crippen LogP contribution in [0.4, 0.5) is 0 Å². The predicted molar refractivity (Wildman–Crippen MR) is 81.1 cm³/mol. The standard InChI is InChI=1S/C15H22BrNO2/c1-11(2)9-12(7-8-18)10-17-15(19)13-5-3-4-6-14(13)16/h3-6,11-12,18H,7-10H2,1-2H3,(H,17,19). The average Bonchev–Trinajstić information content (AvgIpc) is 2.36. The minimum Gasteiger partial charge on any atom is -0.396 e. The zero-order valence-electron chi connectivity index (χ0n) is 11.5. The molecule has 0 bridgehead atoms. The van der Waals surface area contributed by atoms with Crippen LogP contribution in [-0.4, -0.2) is 24.2 Å². The molecule has 0 aromatic heterocycles. The molecule has 0 aliphatic carbocycles. The fourth-order valence-corrected chi connectivity index (χ4v) is 2.59. The van der Waals surface area contributed by atoms with E-state index in [0.29, 0.717) is 23.9 Å². The van der Waals surface area contributed by atoms with Gasteiger partial charge in [0.05, 0.1) is 5.56 Å². The first kappa shape index (κ1) is 16.2. The molecule has 2 N–H and O–H groups in total. The molecule has 0 spiro atoms. The Balaban J connectivity index is 2.54. The number of carbonyl (C=O) groups excluding carboxylic acids is 1. The van der Waals surface area contributed by atoms with Crippen LogP contribution < -0.4 is 5.32 Å². The summed E-state index contributed by atoms with van der Waals surface area (Å²) in [5, 5.41) is 12.0. The van der Waals surface area contributed by atoms with Crippen LogP contribution in [0, 0.1) is 11.8 Å². The van der Waals surface area contributed by atoms with E-state index in [2.05, 4.69) is 35.1 Å². The monoisotopic (exact) mass is 327 g/mol. The number of halogens is 1. The van der Waals surface area contributed by atoms with E-state index in [1.165, 1.54) is 0 Å². The molecule has 1 aromatic rings. The molecule has 19 heavy (non-hydrogen) atoms. The van der Waals surface area contributed by atoms with Crippen molar-refractivity contribution in [2.75, 3.05) is 13.2 Å². The van der Waals surface area contributed by atoms with Crippen molar-refractivity contribution in [1.82, 2.24) is 5.32 Å². The summed E-state index contributed by atoms with van der Waals surface area (Å²) < 4.78 is 0.801. The molecule has 4 heteroatoms. The number of hydrogen-bond donors (Lipinski definition) is 2. The zero-order valence-corrected chi connectivity index (χ0v) is 13.1. The number of aliphatic hydroxyl groups excluding tert-OH is 1. The topological polar surface area (TPSA) is 49.3 Å². The van der Waals surface area contributed by atoms with E-state index < -0.39 is 0 Å². The Morgan fingerprint density at radius 2 is 2.05 bits per heavy atom. The molecule has 1 aromatic carbocycles. The summed E-state index contributed by atoms with van der Waals surface area (Å²) in [4.78, 5) is 12.1. The molecule has 0 saturated heterocycles. The Kier molecular flexibility index (Phi) is 7.10. The second kappa shape index (κ2) is 8.33. The SMILES string of the molecule is CC(C)CC(CCO)CNC(=O)c1ccccc1Br. The highest BCUT2D eigenvalue weighted by molar-refractivity contribution is 9.10. The van der Waals surface area contributed by atoms with Crippen LogP contribution in [0.15, 0.2) is 28.7 Å². The predicted octanol–water partition coefficient (Wildman–Crippen LogP) is 3.22. The third-order valence-corrected chi connectivity index (χ3v) is 3.70. The van der Waals surface area contributed by atoms with E-state index >= 15 is 0 Å². The highest BCUT2D eigenvalue weighted by Gasteiger charge is 2.14. The quantitative estimate of drug-likeness (QED) is 0.807. The largest absolute Gasteiger partial charge is 0.396 e. The molecular formula is C15H22BrNO2. The van der Waals surface area contributed by atoms with Crippen LogP contribution in [0.25, 0.3) is 0 Å². The van der Waals surface area contributed by atoms with Crippen molar-refractivity contribution in [3.8, 4) is 0 Å². The van der Waals surface area contributed by atoms with Crippen LogP contribution in [0.3, 0.4) is 0 Å². The highest BCUT2D eigenvalue weighted by Crippen LogP contribution is 2.17. The fourth-order valence-electron chi connectivity index (χ4n) is 2.13. The van der Waals surface area contributed by atoms with Gasteiger partial charge in [-0.3, -0.25) is 4.79 Å². The minimum absolute atomic E-state index is 0.0702. The normalized spacial score (nSPS) is 12.5. The van der Waals surface area contributed by atoms with Crippen LogP contribution >= 0.6 is 15.9 Å². The molecule has 106 valence electrons. The van der Waals surface area contributed by atoms with E-state index in [-0.39, 0.29) is 12.5 Å². The van der Waals surface area contributed by atoms with Gasteiger partial charge in [-0.25, -0.2) is 0 Å². The van der Waals surface area contributed by atoms with Crippen molar-refractivity contribution in [2.45, 2.75) is 26.7 Å².